The lowest BCUT2D eigenvalue weighted by molar-refractivity contribution is 0.0885. The summed E-state index contributed by atoms with van der Waals surface area (Å²) in [6.45, 7) is 6.84. The van der Waals surface area contributed by atoms with E-state index in [1.807, 2.05) is 36.7 Å². The summed E-state index contributed by atoms with van der Waals surface area (Å²) in [5.41, 5.74) is 2.51. The van der Waals surface area contributed by atoms with Crippen LogP contribution in [0.15, 0.2) is 45.5 Å². The number of nitrogens with one attached hydrogen (secondary N) is 1. The number of fused-ring (bicyclic) bond motifs is 1. The molecule has 0 saturated heterocycles. The highest BCUT2D eigenvalue weighted by atomic mass is 16.5. The Morgan fingerprint density at radius 2 is 2.14 bits per heavy atom. The van der Waals surface area contributed by atoms with E-state index in [2.05, 4.69) is 32.7 Å². The average molecular weight is 394 g/mol. The molecule has 1 aromatic carbocycles. The van der Waals surface area contributed by atoms with Crippen LogP contribution in [0, 0.1) is 5.92 Å². The van der Waals surface area contributed by atoms with E-state index in [1.165, 1.54) is 6.26 Å². The predicted molar refractivity (Wildman–Crippen MR) is 105 cm³/mol. The first-order valence-electron chi connectivity index (χ1n) is 9.58. The Morgan fingerprint density at radius 3 is 2.86 bits per heavy atom. The van der Waals surface area contributed by atoms with Gasteiger partial charge in [-0.25, -0.2) is 4.68 Å². The molecular formula is C20H22N6O3. The van der Waals surface area contributed by atoms with E-state index < -0.39 is 6.04 Å². The summed E-state index contributed by atoms with van der Waals surface area (Å²) in [6.07, 6.45) is 2.44. The zero-order chi connectivity index (χ0) is 20.4. The van der Waals surface area contributed by atoms with E-state index in [9.17, 15) is 4.79 Å². The molecule has 3 aromatic heterocycles. The maximum absolute atomic E-state index is 12.4. The number of carbonyl (C=O) groups is 1. The summed E-state index contributed by atoms with van der Waals surface area (Å²) < 4.78 is 12.5. The number of amides is 1. The number of aromatic nitrogens is 5. The van der Waals surface area contributed by atoms with Crippen LogP contribution in [-0.2, 0) is 6.54 Å². The minimum atomic E-state index is -0.442. The van der Waals surface area contributed by atoms with Crippen LogP contribution < -0.4 is 5.32 Å². The fourth-order valence-electron chi connectivity index (χ4n) is 3.10. The summed E-state index contributed by atoms with van der Waals surface area (Å²) in [7, 11) is 0. The van der Waals surface area contributed by atoms with Crippen molar-refractivity contribution >= 4 is 16.9 Å². The number of rotatable bonds is 7. The van der Waals surface area contributed by atoms with Gasteiger partial charge in [-0.2, -0.15) is 4.98 Å². The SMILES string of the molecule is CCCn1nnc2cc(-c3noc(C(NC(=O)c4ccco4)C(C)C)n3)ccc21. The topological polar surface area (TPSA) is 112 Å². The van der Waals surface area contributed by atoms with Crippen LogP contribution in [0.3, 0.4) is 0 Å². The van der Waals surface area contributed by atoms with Crippen LogP contribution >= 0.6 is 0 Å². The van der Waals surface area contributed by atoms with Gasteiger partial charge in [-0.1, -0.05) is 31.1 Å². The Kier molecular flexibility index (Phi) is 5.11. The third kappa shape index (κ3) is 3.75. The lowest BCUT2D eigenvalue weighted by atomic mass is 10.0. The van der Waals surface area contributed by atoms with Gasteiger partial charge in [0.05, 0.1) is 11.8 Å². The second-order valence-corrected chi connectivity index (χ2v) is 7.14. The summed E-state index contributed by atoms with van der Waals surface area (Å²) in [5.74, 6) is 0.714. The molecule has 0 aliphatic carbocycles. The van der Waals surface area contributed by atoms with Crippen molar-refractivity contribution < 1.29 is 13.7 Å². The molecule has 1 atom stereocenters. The lowest BCUT2D eigenvalue weighted by Gasteiger charge is -2.17. The molecule has 9 heteroatoms. The van der Waals surface area contributed by atoms with Crippen LogP contribution in [0.1, 0.15) is 49.7 Å². The van der Waals surface area contributed by atoms with Crippen molar-refractivity contribution in [2.75, 3.05) is 0 Å². The van der Waals surface area contributed by atoms with Crippen molar-refractivity contribution in [1.29, 1.82) is 0 Å². The average Bonchev–Trinajstić information content (AvgIpc) is 3.46. The van der Waals surface area contributed by atoms with E-state index in [4.69, 9.17) is 8.94 Å². The number of hydrogen-bond donors (Lipinski definition) is 1. The summed E-state index contributed by atoms with van der Waals surface area (Å²) in [4.78, 5) is 16.9. The van der Waals surface area contributed by atoms with Crippen LogP contribution in [0.5, 0.6) is 0 Å². The molecule has 4 aromatic rings. The first kappa shape index (κ1) is 18.9. The van der Waals surface area contributed by atoms with E-state index in [-0.39, 0.29) is 17.6 Å². The van der Waals surface area contributed by atoms with Gasteiger partial charge in [0.15, 0.2) is 5.76 Å². The first-order valence-corrected chi connectivity index (χ1v) is 9.58. The van der Waals surface area contributed by atoms with Gasteiger partial charge in [0.1, 0.15) is 11.6 Å². The fourth-order valence-corrected chi connectivity index (χ4v) is 3.10. The predicted octanol–water partition coefficient (Wildman–Crippen LogP) is 3.61. The standard InChI is InChI=1S/C20H22N6O3/c1-4-9-26-15-8-7-13(11-14(15)23-25-26)18-22-20(29-24-18)17(12(2)3)21-19(27)16-6-5-10-28-16/h5-8,10-12,17H,4,9H2,1-3H3,(H,21,27). The molecule has 1 amide bonds. The molecule has 0 radical (unpaired) electrons. The number of carbonyl (C=O) groups excluding carboxylic acids is 1. The molecule has 150 valence electrons. The highest BCUT2D eigenvalue weighted by molar-refractivity contribution is 5.91. The smallest absolute Gasteiger partial charge is 0.287 e. The molecule has 0 bridgehead atoms. The summed E-state index contributed by atoms with van der Waals surface area (Å²) in [5, 5.41) is 15.4. The summed E-state index contributed by atoms with van der Waals surface area (Å²) in [6, 6.07) is 8.58. The van der Waals surface area contributed by atoms with Gasteiger partial charge in [0.25, 0.3) is 5.91 Å². The molecule has 0 fully saturated rings. The van der Waals surface area contributed by atoms with Crippen LogP contribution in [0.25, 0.3) is 22.4 Å². The van der Waals surface area contributed by atoms with Crippen LogP contribution in [0.2, 0.25) is 0 Å². The monoisotopic (exact) mass is 394 g/mol. The molecule has 29 heavy (non-hydrogen) atoms. The van der Waals surface area contributed by atoms with Gasteiger partial charge in [-0.15, -0.1) is 5.10 Å². The molecule has 4 rings (SSSR count). The Labute approximate surface area is 167 Å². The fraction of sp³-hybridized carbons (Fsp3) is 0.350. The van der Waals surface area contributed by atoms with Gasteiger partial charge in [0, 0.05) is 12.1 Å². The first-order chi connectivity index (χ1) is 14.1. The highest BCUT2D eigenvalue weighted by Crippen LogP contribution is 2.26. The lowest BCUT2D eigenvalue weighted by Crippen LogP contribution is -2.31. The zero-order valence-corrected chi connectivity index (χ0v) is 16.5. The molecular weight excluding hydrogens is 372 g/mol. The maximum Gasteiger partial charge on any atom is 0.287 e. The number of nitrogens with zero attached hydrogens (tertiary/aromatic N) is 5. The quantitative estimate of drug-likeness (QED) is 0.509. The van der Waals surface area contributed by atoms with E-state index in [0.717, 1.165) is 29.6 Å². The molecule has 9 nitrogen and oxygen atoms in total. The van der Waals surface area contributed by atoms with E-state index in [1.54, 1.807) is 12.1 Å². The molecule has 0 saturated carbocycles. The van der Waals surface area contributed by atoms with Gasteiger partial charge in [-0.05, 0) is 42.7 Å². The van der Waals surface area contributed by atoms with Crippen LogP contribution in [-0.4, -0.2) is 31.0 Å². The Morgan fingerprint density at radius 1 is 1.28 bits per heavy atom. The van der Waals surface area contributed by atoms with Crippen molar-refractivity contribution in [3.8, 4) is 11.4 Å². The molecule has 1 N–H and O–H groups in total. The van der Waals surface area contributed by atoms with Crippen molar-refractivity contribution in [3.05, 3.63) is 48.2 Å². The third-order valence-electron chi connectivity index (χ3n) is 4.61. The van der Waals surface area contributed by atoms with E-state index in [0.29, 0.717) is 11.7 Å². The largest absolute Gasteiger partial charge is 0.459 e. The second-order valence-electron chi connectivity index (χ2n) is 7.14. The van der Waals surface area contributed by atoms with Gasteiger partial charge >= 0.3 is 0 Å². The number of hydrogen-bond acceptors (Lipinski definition) is 7. The molecule has 1 unspecified atom stereocenters. The van der Waals surface area contributed by atoms with Crippen molar-refractivity contribution in [2.24, 2.45) is 5.92 Å². The minimum absolute atomic E-state index is 0.0404. The Balaban J connectivity index is 1.59. The Hall–Kier alpha value is -3.49. The molecule has 0 aliphatic heterocycles. The van der Waals surface area contributed by atoms with Crippen molar-refractivity contribution in [3.63, 3.8) is 0 Å². The number of aryl methyl sites for hydroxylation is 1. The van der Waals surface area contributed by atoms with Crippen molar-refractivity contribution in [2.45, 2.75) is 39.8 Å². The van der Waals surface area contributed by atoms with Crippen molar-refractivity contribution in [1.82, 2.24) is 30.5 Å². The molecule has 3 heterocycles. The minimum Gasteiger partial charge on any atom is -0.459 e. The Bertz CT molecular complexity index is 1110. The molecule has 0 aliphatic rings. The summed E-state index contributed by atoms with van der Waals surface area (Å²) >= 11 is 0. The second kappa shape index (κ2) is 7.86. The molecule has 0 spiro atoms. The normalized spacial score (nSPS) is 12.6. The maximum atomic E-state index is 12.4. The van der Waals surface area contributed by atoms with Gasteiger partial charge < -0.3 is 14.3 Å². The van der Waals surface area contributed by atoms with Gasteiger partial charge in [0.2, 0.25) is 11.7 Å². The number of benzene rings is 1. The highest BCUT2D eigenvalue weighted by Gasteiger charge is 2.26. The van der Waals surface area contributed by atoms with E-state index >= 15 is 0 Å². The zero-order valence-electron chi connectivity index (χ0n) is 16.5. The van der Waals surface area contributed by atoms with Crippen LogP contribution in [0.4, 0.5) is 0 Å². The number of furan rings is 1. The van der Waals surface area contributed by atoms with Gasteiger partial charge in [-0.3, -0.25) is 4.79 Å². The third-order valence-corrected chi connectivity index (χ3v) is 4.61.